The third kappa shape index (κ3) is 2.41. The number of benzene rings is 1. The lowest BCUT2D eigenvalue weighted by molar-refractivity contribution is -0.136. The van der Waals surface area contributed by atoms with Crippen LogP contribution in [-0.2, 0) is 10.2 Å². The molecule has 1 aromatic carbocycles. The average molecular weight is 363 g/mol. The van der Waals surface area contributed by atoms with Crippen molar-refractivity contribution < 1.29 is 4.79 Å². The smallest absolute Gasteiger partial charge is 0.233 e. The third-order valence-electron chi connectivity index (χ3n) is 6.00. The van der Waals surface area contributed by atoms with Crippen molar-refractivity contribution in [2.24, 2.45) is 5.41 Å². The molecular weight excluding hydrogens is 340 g/mol. The summed E-state index contributed by atoms with van der Waals surface area (Å²) >= 11 is 3.48. The SMILES string of the molecule is O=C(N1CCC2(CCNC2)CC1)C1(c2ccc(Br)cc2)CC1. The predicted molar refractivity (Wildman–Crippen MR) is 90.8 cm³/mol. The molecule has 1 aliphatic carbocycles. The summed E-state index contributed by atoms with van der Waals surface area (Å²) in [5, 5.41) is 3.49. The van der Waals surface area contributed by atoms with Crippen LogP contribution in [0.15, 0.2) is 28.7 Å². The fourth-order valence-corrected chi connectivity index (χ4v) is 4.49. The number of carbonyl (C=O) groups is 1. The molecule has 2 heterocycles. The zero-order valence-corrected chi connectivity index (χ0v) is 14.5. The van der Waals surface area contributed by atoms with Gasteiger partial charge in [-0.3, -0.25) is 4.79 Å². The highest BCUT2D eigenvalue weighted by atomic mass is 79.9. The normalized spacial score (nSPS) is 25.4. The Kier molecular flexibility index (Phi) is 3.57. The van der Waals surface area contributed by atoms with E-state index >= 15 is 0 Å². The molecule has 3 nitrogen and oxygen atoms in total. The predicted octanol–water partition coefficient (Wildman–Crippen LogP) is 3.08. The average Bonchev–Trinajstić information content (AvgIpc) is 3.24. The largest absolute Gasteiger partial charge is 0.342 e. The summed E-state index contributed by atoms with van der Waals surface area (Å²) in [7, 11) is 0. The molecule has 0 unspecified atom stereocenters. The van der Waals surface area contributed by atoms with Crippen LogP contribution in [0.3, 0.4) is 0 Å². The number of hydrogen-bond donors (Lipinski definition) is 1. The number of rotatable bonds is 2. The van der Waals surface area contributed by atoms with Crippen LogP contribution < -0.4 is 5.32 Å². The van der Waals surface area contributed by atoms with Gasteiger partial charge < -0.3 is 10.2 Å². The minimum Gasteiger partial charge on any atom is -0.342 e. The molecule has 0 aromatic heterocycles. The number of halogens is 1. The molecular formula is C18H23BrN2O. The molecule has 1 spiro atoms. The Labute approximate surface area is 140 Å². The quantitative estimate of drug-likeness (QED) is 0.876. The second kappa shape index (κ2) is 5.34. The van der Waals surface area contributed by atoms with E-state index in [0.717, 1.165) is 43.5 Å². The van der Waals surface area contributed by atoms with E-state index in [0.29, 0.717) is 11.3 Å². The van der Waals surface area contributed by atoms with E-state index in [-0.39, 0.29) is 5.41 Å². The molecule has 4 rings (SSSR count). The maximum Gasteiger partial charge on any atom is 0.233 e. The maximum atomic E-state index is 13.1. The number of amides is 1. The van der Waals surface area contributed by atoms with Crippen LogP contribution in [0.4, 0.5) is 0 Å². The minimum absolute atomic E-state index is 0.209. The molecule has 22 heavy (non-hydrogen) atoms. The van der Waals surface area contributed by atoms with Crippen LogP contribution in [0.1, 0.15) is 37.7 Å². The zero-order chi connectivity index (χ0) is 15.2. The van der Waals surface area contributed by atoms with Gasteiger partial charge in [0.25, 0.3) is 0 Å². The fraction of sp³-hybridized carbons (Fsp3) is 0.611. The molecule has 0 radical (unpaired) electrons. The van der Waals surface area contributed by atoms with E-state index in [2.05, 4.69) is 50.4 Å². The molecule has 1 saturated carbocycles. The highest BCUT2D eigenvalue weighted by molar-refractivity contribution is 9.10. The lowest BCUT2D eigenvalue weighted by atomic mass is 9.77. The van der Waals surface area contributed by atoms with Gasteiger partial charge in [-0.15, -0.1) is 0 Å². The maximum absolute atomic E-state index is 13.1. The van der Waals surface area contributed by atoms with E-state index in [4.69, 9.17) is 0 Å². The number of hydrogen-bond acceptors (Lipinski definition) is 2. The van der Waals surface area contributed by atoms with Crippen LogP contribution >= 0.6 is 15.9 Å². The Morgan fingerprint density at radius 3 is 2.27 bits per heavy atom. The molecule has 1 aromatic rings. The third-order valence-corrected chi connectivity index (χ3v) is 6.53. The van der Waals surface area contributed by atoms with E-state index < -0.39 is 0 Å². The van der Waals surface area contributed by atoms with Gasteiger partial charge in [-0.2, -0.15) is 0 Å². The molecule has 2 saturated heterocycles. The molecule has 1 N–H and O–H groups in total. The van der Waals surface area contributed by atoms with Gasteiger partial charge in [0.15, 0.2) is 0 Å². The summed E-state index contributed by atoms with van der Waals surface area (Å²) in [5.74, 6) is 0.371. The van der Waals surface area contributed by atoms with E-state index in [1.807, 2.05) is 0 Å². The Morgan fingerprint density at radius 1 is 1.05 bits per heavy atom. The van der Waals surface area contributed by atoms with Crippen molar-refractivity contribution in [2.45, 2.75) is 37.5 Å². The zero-order valence-electron chi connectivity index (χ0n) is 12.9. The summed E-state index contributed by atoms with van der Waals surface area (Å²) in [6.07, 6.45) is 5.64. The Hall–Kier alpha value is -0.870. The van der Waals surface area contributed by atoms with Crippen molar-refractivity contribution in [3.63, 3.8) is 0 Å². The van der Waals surface area contributed by atoms with Crippen molar-refractivity contribution in [2.75, 3.05) is 26.2 Å². The van der Waals surface area contributed by atoms with Gasteiger partial charge in [-0.1, -0.05) is 28.1 Å². The Balaban J connectivity index is 1.47. The van der Waals surface area contributed by atoms with Gasteiger partial charge in [0.05, 0.1) is 5.41 Å². The van der Waals surface area contributed by atoms with Crippen LogP contribution in [-0.4, -0.2) is 37.0 Å². The lowest BCUT2D eigenvalue weighted by Gasteiger charge is -2.40. The summed E-state index contributed by atoms with van der Waals surface area (Å²) in [4.78, 5) is 15.2. The van der Waals surface area contributed by atoms with Crippen molar-refractivity contribution >= 4 is 21.8 Å². The van der Waals surface area contributed by atoms with Gasteiger partial charge in [0.2, 0.25) is 5.91 Å². The van der Waals surface area contributed by atoms with Crippen molar-refractivity contribution in [3.8, 4) is 0 Å². The van der Waals surface area contributed by atoms with E-state index in [1.54, 1.807) is 0 Å². The number of piperidine rings is 1. The molecule has 1 amide bonds. The minimum atomic E-state index is -0.209. The van der Waals surface area contributed by atoms with Gasteiger partial charge in [-0.05, 0) is 61.8 Å². The van der Waals surface area contributed by atoms with Crippen molar-refractivity contribution in [1.29, 1.82) is 0 Å². The van der Waals surface area contributed by atoms with E-state index in [9.17, 15) is 4.79 Å². The number of likely N-dealkylation sites (tertiary alicyclic amines) is 1. The molecule has 2 aliphatic heterocycles. The first-order chi connectivity index (χ1) is 10.6. The molecule has 0 bridgehead atoms. The topological polar surface area (TPSA) is 32.3 Å². The summed E-state index contributed by atoms with van der Waals surface area (Å²) in [5.41, 5.74) is 1.47. The van der Waals surface area contributed by atoms with Gasteiger partial charge >= 0.3 is 0 Å². The Bertz CT molecular complexity index is 563. The van der Waals surface area contributed by atoms with Gasteiger partial charge in [0, 0.05) is 24.1 Å². The standard InChI is InChI=1S/C18H23BrN2O/c19-15-3-1-14(2-4-15)18(5-6-18)16(22)21-11-8-17(9-12-21)7-10-20-13-17/h1-4,20H,5-13H2. The summed E-state index contributed by atoms with van der Waals surface area (Å²) < 4.78 is 1.08. The van der Waals surface area contributed by atoms with Gasteiger partial charge in [0.1, 0.15) is 0 Å². The van der Waals surface area contributed by atoms with Gasteiger partial charge in [-0.25, -0.2) is 0 Å². The Morgan fingerprint density at radius 2 is 1.73 bits per heavy atom. The van der Waals surface area contributed by atoms with Crippen LogP contribution in [0, 0.1) is 5.41 Å². The number of nitrogens with one attached hydrogen (secondary N) is 1. The monoisotopic (exact) mass is 362 g/mol. The summed E-state index contributed by atoms with van der Waals surface area (Å²) in [6, 6.07) is 8.33. The number of nitrogens with zero attached hydrogens (tertiary/aromatic N) is 1. The highest BCUT2D eigenvalue weighted by Crippen LogP contribution is 2.50. The van der Waals surface area contributed by atoms with Crippen LogP contribution in [0.5, 0.6) is 0 Å². The lowest BCUT2D eigenvalue weighted by Crippen LogP contribution is -2.47. The van der Waals surface area contributed by atoms with E-state index in [1.165, 1.54) is 24.8 Å². The first kappa shape index (κ1) is 14.7. The first-order valence-electron chi connectivity index (χ1n) is 8.40. The number of carbonyl (C=O) groups excluding carboxylic acids is 1. The molecule has 4 heteroatoms. The molecule has 0 atom stereocenters. The van der Waals surface area contributed by atoms with Crippen molar-refractivity contribution in [3.05, 3.63) is 34.3 Å². The second-order valence-corrected chi connectivity index (χ2v) is 8.22. The summed E-state index contributed by atoms with van der Waals surface area (Å²) in [6.45, 7) is 4.18. The highest BCUT2D eigenvalue weighted by Gasteiger charge is 2.53. The molecule has 118 valence electrons. The van der Waals surface area contributed by atoms with Crippen molar-refractivity contribution in [1.82, 2.24) is 10.2 Å². The molecule has 3 aliphatic rings. The first-order valence-corrected chi connectivity index (χ1v) is 9.19. The fourth-order valence-electron chi connectivity index (χ4n) is 4.23. The van der Waals surface area contributed by atoms with Crippen LogP contribution in [0.25, 0.3) is 0 Å². The van der Waals surface area contributed by atoms with Crippen LogP contribution in [0.2, 0.25) is 0 Å². The second-order valence-electron chi connectivity index (χ2n) is 7.31. The molecule has 3 fully saturated rings.